The number of anilines is 1. The lowest BCUT2D eigenvalue weighted by molar-refractivity contribution is -0.134. The summed E-state index contributed by atoms with van der Waals surface area (Å²) in [5.74, 6) is 0.502. The zero-order chi connectivity index (χ0) is 21.5. The number of carbonyl (C=O) groups is 2. The standard InChI is InChI=1S/C23H26N6O2/c1-14-12-16(9-10-17(14)24-22(31)15(2)28-11-5-8-21(28)30)19-13-29-20-7-4-3-6-18(20)26-27-23(29)25-19/h9-10,12-13,15H,3-8,11H2,1-2H3,(H,24,31). The molecule has 0 spiro atoms. The van der Waals surface area contributed by atoms with Crippen molar-refractivity contribution in [3.63, 3.8) is 0 Å². The van der Waals surface area contributed by atoms with Crippen LogP contribution in [0.3, 0.4) is 0 Å². The molecule has 3 aromatic rings. The van der Waals surface area contributed by atoms with Gasteiger partial charge in [-0.25, -0.2) is 4.98 Å². The van der Waals surface area contributed by atoms with E-state index in [-0.39, 0.29) is 11.8 Å². The monoisotopic (exact) mass is 418 g/mol. The van der Waals surface area contributed by atoms with Crippen molar-refractivity contribution >= 4 is 23.3 Å². The fourth-order valence-electron chi connectivity index (χ4n) is 4.55. The molecule has 160 valence electrons. The number of likely N-dealkylation sites (tertiary alicyclic amines) is 1. The summed E-state index contributed by atoms with van der Waals surface area (Å²) in [6.07, 6.45) is 7.67. The molecule has 3 heterocycles. The van der Waals surface area contributed by atoms with Gasteiger partial charge in [0.15, 0.2) is 0 Å². The fraction of sp³-hybridized carbons (Fsp3) is 0.435. The maximum atomic E-state index is 12.7. The first-order chi connectivity index (χ1) is 15.0. The van der Waals surface area contributed by atoms with Gasteiger partial charge in [0.1, 0.15) is 6.04 Å². The minimum absolute atomic E-state index is 0.0480. The molecule has 2 amide bonds. The van der Waals surface area contributed by atoms with Crippen LogP contribution < -0.4 is 5.32 Å². The lowest BCUT2D eigenvalue weighted by Gasteiger charge is -2.23. The van der Waals surface area contributed by atoms with E-state index in [1.165, 1.54) is 5.69 Å². The van der Waals surface area contributed by atoms with E-state index in [0.717, 1.165) is 60.3 Å². The molecule has 1 atom stereocenters. The van der Waals surface area contributed by atoms with E-state index >= 15 is 0 Å². The molecule has 5 rings (SSSR count). The molecule has 1 aliphatic carbocycles. The molecule has 1 fully saturated rings. The number of aryl methyl sites for hydroxylation is 3. The van der Waals surface area contributed by atoms with Crippen molar-refractivity contribution in [2.24, 2.45) is 0 Å². The van der Waals surface area contributed by atoms with Gasteiger partial charge in [-0.3, -0.25) is 14.0 Å². The maximum Gasteiger partial charge on any atom is 0.254 e. The number of benzene rings is 1. The van der Waals surface area contributed by atoms with Crippen LogP contribution >= 0.6 is 0 Å². The number of imidazole rings is 1. The molecule has 8 heteroatoms. The maximum absolute atomic E-state index is 12.7. The van der Waals surface area contributed by atoms with Gasteiger partial charge in [-0.2, -0.15) is 5.10 Å². The van der Waals surface area contributed by atoms with Gasteiger partial charge in [0, 0.05) is 36.1 Å². The third-order valence-electron chi connectivity index (χ3n) is 6.39. The van der Waals surface area contributed by atoms with E-state index in [1.807, 2.05) is 31.3 Å². The van der Waals surface area contributed by atoms with Crippen LogP contribution in [0.1, 0.15) is 49.6 Å². The largest absolute Gasteiger partial charge is 0.331 e. The Morgan fingerprint density at radius 3 is 2.74 bits per heavy atom. The second kappa shape index (κ2) is 7.76. The molecule has 1 aromatic carbocycles. The molecule has 0 radical (unpaired) electrons. The summed E-state index contributed by atoms with van der Waals surface area (Å²) < 4.78 is 2.07. The van der Waals surface area contributed by atoms with Crippen molar-refractivity contribution in [3.05, 3.63) is 41.3 Å². The summed E-state index contributed by atoms with van der Waals surface area (Å²) in [5.41, 5.74) is 5.77. The zero-order valence-corrected chi connectivity index (χ0v) is 17.9. The van der Waals surface area contributed by atoms with Gasteiger partial charge in [-0.15, -0.1) is 5.10 Å². The predicted molar refractivity (Wildman–Crippen MR) is 117 cm³/mol. The molecule has 1 unspecified atom stereocenters. The van der Waals surface area contributed by atoms with Gasteiger partial charge in [0.25, 0.3) is 5.78 Å². The van der Waals surface area contributed by atoms with Crippen molar-refractivity contribution in [3.8, 4) is 11.3 Å². The molecular weight excluding hydrogens is 392 g/mol. The first-order valence-corrected chi connectivity index (χ1v) is 11.0. The topological polar surface area (TPSA) is 92.5 Å². The highest BCUT2D eigenvalue weighted by Gasteiger charge is 2.29. The lowest BCUT2D eigenvalue weighted by Crippen LogP contribution is -2.42. The van der Waals surface area contributed by atoms with Gasteiger partial charge in [-0.05, 0) is 63.6 Å². The van der Waals surface area contributed by atoms with Crippen LogP contribution in [-0.4, -0.2) is 48.9 Å². The van der Waals surface area contributed by atoms with Gasteiger partial charge < -0.3 is 10.2 Å². The minimum Gasteiger partial charge on any atom is -0.331 e. The molecule has 0 saturated carbocycles. The molecule has 1 saturated heterocycles. The van der Waals surface area contributed by atoms with Crippen LogP contribution in [0.15, 0.2) is 24.4 Å². The molecular formula is C23H26N6O2. The molecule has 2 aliphatic rings. The summed E-state index contributed by atoms with van der Waals surface area (Å²) >= 11 is 0. The Bertz CT molecular complexity index is 1180. The summed E-state index contributed by atoms with van der Waals surface area (Å²) in [6.45, 7) is 4.38. The van der Waals surface area contributed by atoms with Crippen molar-refractivity contribution in [2.45, 2.75) is 58.4 Å². The number of fused-ring (bicyclic) bond motifs is 3. The molecule has 31 heavy (non-hydrogen) atoms. The number of rotatable bonds is 4. The SMILES string of the molecule is Cc1cc(-c2cn3c4c(nnc3n2)CCCC4)ccc1NC(=O)C(C)N1CCCC1=O. The van der Waals surface area contributed by atoms with Gasteiger partial charge in [0.2, 0.25) is 11.8 Å². The average Bonchev–Trinajstić information content (AvgIpc) is 3.41. The number of hydrogen-bond donors (Lipinski definition) is 1. The number of hydrogen-bond acceptors (Lipinski definition) is 5. The number of nitrogens with one attached hydrogen (secondary N) is 1. The van der Waals surface area contributed by atoms with E-state index in [0.29, 0.717) is 18.7 Å². The van der Waals surface area contributed by atoms with Crippen molar-refractivity contribution in [1.29, 1.82) is 0 Å². The Morgan fingerprint density at radius 1 is 1.13 bits per heavy atom. The molecule has 1 aliphatic heterocycles. The molecule has 0 bridgehead atoms. The molecule has 2 aromatic heterocycles. The van der Waals surface area contributed by atoms with Crippen LogP contribution in [0.2, 0.25) is 0 Å². The Balaban J connectivity index is 1.38. The first kappa shape index (κ1) is 19.7. The minimum atomic E-state index is -0.475. The number of nitrogens with zero attached hydrogens (tertiary/aromatic N) is 5. The smallest absolute Gasteiger partial charge is 0.254 e. The Labute approximate surface area is 180 Å². The highest BCUT2D eigenvalue weighted by atomic mass is 16.2. The van der Waals surface area contributed by atoms with Crippen LogP contribution in [0.25, 0.3) is 17.0 Å². The summed E-state index contributed by atoms with van der Waals surface area (Å²) in [6, 6.07) is 5.39. The first-order valence-electron chi connectivity index (χ1n) is 11.0. The Morgan fingerprint density at radius 2 is 1.97 bits per heavy atom. The van der Waals surface area contributed by atoms with Crippen LogP contribution in [0, 0.1) is 6.92 Å². The van der Waals surface area contributed by atoms with Crippen LogP contribution in [-0.2, 0) is 22.4 Å². The van der Waals surface area contributed by atoms with Gasteiger partial charge >= 0.3 is 0 Å². The van der Waals surface area contributed by atoms with Crippen molar-refractivity contribution < 1.29 is 9.59 Å². The summed E-state index contributed by atoms with van der Waals surface area (Å²) in [7, 11) is 0. The normalized spacial score (nSPS) is 17.1. The lowest BCUT2D eigenvalue weighted by atomic mass is 10.0. The fourth-order valence-corrected chi connectivity index (χ4v) is 4.55. The van der Waals surface area contributed by atoms with E-state index in [2.05, 4.69) is 24.9 Å². The second-order valence-electron chi connectivity index (χ2n) is 8.48. The number of amides is 2. The van der Waals surface area contributed by atoms with E-state index in [1.54, 1.807) is 11.8 Å². The molecule has 8 nitrogen and oxygen atoms in total. The van der Waals surface area contributed by atoms with E-state index in [4.69, 9.17) is 0 Å². The van der Waals surface area contributed by atoms with E-state index in [9.17, 15) is 9.59 Å². The summed E-state index contributed by atoms with van der Waals surface area (Å²) in [4.78, 5) is 30.9. The van der Waals surface area contributed by atoms with Crippen LogP contribution in [0.4, 0.5) is 5.69 Å². The van der Waals surface area contributed by atoms with Crippen molar-refractivity contribution in [2.75, 3.05) is 11.9 Å². The third kappa shape index (κ3) is 3.56. The summed E-state index contributed by atoms with van der Waals surface area (Å²) in [5, 5.41) is 11.6. The molecule has 1 N–H and O–H groups in total. The average molecular weight is 419 g/mol. The van der Waals surface area contributed by atoms with Crippen LogP contribution in [0.5, 0.6) is 0 Å². The Kier molecular flexibility index (Phi) is 4.92. The Hall–Kier alpha value is -3.29. The third-order valence-corrected chi connectivity index (χ3v) is 6.39. The predicted octanol–water partition coefficient (Wildman–Crippen LogP) is 2.93. The highest BCUT2D eigenvalue weighted by molar-refractivity contribution is 5.98. The van der Waals surface area contributed by atoms with Gasteiger partial charge in [-0.1, -0.05) is 6.07 Å². The van der Waals surface area contributed by atoms with Crippen molar-refractivity contribution in [1.82, 2.24) is 24.5 Å². The number of aromatic nitrogens is 4. The van der Waals surface area contributed by atoms with Gasteiger partial charge in [0.05, 0.1) is 11.4 Å². The van der Waals surface area contributed by atoms with E-state index < -0.39 is 6.04 Å². The quantitative estimate of drug-likeness (QED) is 0.703. The highest BCUT2D eigenvalue weighted by Crippen LogP contribution is 2.27. The second-order valence-corrected chi connectivity index (χ2v) is 8.48. The zero-order valence-electron chi connectivity index (χ0n) is 17.9. The number of carbonyl (C=O) groups excluding carboxylic acids is 2.